The first-order valence-electron chi connectivity index (χ1n) is 12.3. The number of rotatable bonds is 7. The molecule has 4 heterocycles. The first-order chi connectivity index (χ1) is 16.5. The molecule has 184 valence electrons. The number of hydrogen-bond donors (Lipinski definition) is 1. The van der Waals surface area contributed by atoms with Crippen molar-refractivity contribution in [2.75, 3.05) is 44.2 Å². The van der Waals surface area contributed by atoms with Crippen molar-refractivity contribution in [3.63, 3.8) is 0 Å². The molecule has 34 heavy (non-hydrogen) atoms. The van der Waals surface area contributed by atoms with Gasteiger partial charge in [-0.15, -0.1) is 0 Å². The van der Waals surface area contributed by atoms with Crippen LogP contribution in [0, 0.1) is 16.0 Å². The Kier molecular flexibility index (Phi) is 6.87. The standard InChI is InChI=1S/C24H33N5O5/c30-20-7-10-26(11-8-20)15-18-5-12-27(13-6-18)19-1-3-21(4-2-19)33-17-22-9-14-28-16-23(29(31)32)25-24(28)34-22/h1-4,16,18,20,22,30H,5-15,17H2/t22-/m1/s1. The number of aliphatic hydroxyl groups is 1. The molecule has 0 saturated carbocycles. The van der Waals surface area contributed by atoms with Crippen LogP contribution in [-0.4, -0.2) is 76.0 Å². The van der Waals surface area contributed by atoms with Crippen molar-refractivity contribution in [3.05, 3.63) is 40.6 Å². The maximum Gasteiger partial charge on any atom is 0.414 e. The topological polar surface area (TPSA) is 106 Å². The van der Waals surface area contributed by atoms with Crippen molar-refractivity contribution >= 4 is 11.5 Å². The van der Waals surface area contributed by atoms with Crippen molar-refractivity contribution in [1.29, 1.82) is 0 Å². The second kappa shape index (κ2) is 10.2. The number of piperidine rings is 2. The fraction of sp³-hybridized carbons (Fsp3) is 0.625. The Morgan fingerprint density at radius 2 is 1.79 bits per heavy atom. The van der Waals surface area contributed by atoms with Crippen molar-refractivity contribution in [2.24, 2.45) is 5.92 Å². The zero-order valence-corrected chi connectivity index (χ0v) is 19.4. The molecule has 1 N–H and O–H groups in total. The third kappa shape index (κ3) is 5.44. The maximum absolute atomic E-state index is 10.9. The lowest BCUT2D eigenvalue weighted by Gasteiger charge is -2.37. The lowest BCUT2D eigenvalue weighted by atomic mass is 9.94. The Hall–Kier alpha value is -2.85. The zero-order chi connectivity index (χ0) is 23.5. The number of anilines is 1. The van der Waals surface area contributed by atoms with Crippen LogP contribution in [-0.2, 0) is 6.54 Å². The number of hydrogen-bond acceptors (Lipinski definition) is 8. The predicted molar refractivity (Wildman–Crippen MR) is 126 cm³/mol. The van der Waals surface area contributed by atoms with Crippen molar-refractivity contribution in [3.8, 4) is 11.8 Å². The van der Waals surface area contributed by atoms with E-state index in [1.807, 2.05) is 12.1 Å². The van der Waals surface area contributed by atoms with Gasteiger partial charge in [0.1, 0.15) is 24.7 Å². The maximum atomic E-state index is 10.9. The summed E-state index contributed by atoms with van der Waals surface area (Å²) in [5.41, 5.74) is 1.22. The zero-order valence-electron chi connectivity index (χ0n) is 19.4. The second-order valence-electron chi connectivity index (χ2n) is 9.63. The van der Waals surface area contributed by atoms with Gasteiger partial charge in [-0.05, 0) is 60.8 Å². The van der Waals surface area contributed by atoms with Gasteiger partial charge >= 0.3 is 11.8 Å². The molecule has 2 fully saturated rings. The normalized spacial score (nSPS) is 22.3. The van der Waals surface area contributed by atoms with E-state index in [1.165, 1.54) is 24.7 Å². The molecule has 1 aromatic heterocycles. The van der Waals surface area contributed by atoms with Gasteiger partial charge in [0, 0.05) is 56.4 Å². The number of nitro groups is 1. The summed E-state index contributed by atoms with van der Waals surface area (Å²) in [6.45, 7) is 6.34. The number of fused-ring (bicyclic) bond motifs is 1. The van der Waals surface area contributed by atoms with E-state index in [0.29, 0.717) is 19.6 Å². The van der Waals surface area contributed by atoms with Crippen LogP contribution in [0.5, 0.6) is 11.8 Å². The number of aliphatic hydroxyl groups excluding tert-OH is 1. The largest absolute Gasteiger partial charge is 0.490 e. The molecular formula is C24H33N5O5. The third-order valence-electron chi connectivity index (χ3n) is 7.20. The summed E-state index contributed by atoms with van der Waals surface area (Å²) in [7, 11) is 0. The van der Waals surface area contributed by atoms with Crippen LogP contribution in [0.15, 0.2) is 30.5 Å². The van der Waals surface area contributed by atoms with Crippen LogP contribution in [0.4, 0.5) is 11.5 Å². The number of aromatic nitrogens is 2. The molecule has 0 unspecified atom stereocenters. The van der Waals surface area contributed by atoms with Gasteiger partial charge in [-0.3, -0.25) is 4.57 Å². The molecule has 2 aromatic rings. The molecule has 3 aliphatic rings. The molecule has 10 heteroatoms. The fourth-order valence-electron chi connectivity index (χ4n) is 5.12. The number of imidazole rings is 1. The number of likely N-dealkylation sites (tertiary alicyclic amines) is 1. The first kappa shape index (κ1) is 22.9. The quantitative estimate of drug-likeness (QED) is 0.485. The molecule has 0 spiro atoms. The number of ether oxygens (including phenoxy) is 2. The lowest BCUT2D eigenvalue weighted by molar-refractivity contribution is -0.389. The average molecular weight is 472 g/mol. The Labute approximate surface area is 199 Å². The molecule has 0 bridgehead atoms. The SMILES string of the molecule is O=[N+]([O-])c1cn2c(n1)O[C@@H](COc1ccc(N3CCC(CN4CCC(O)CC4)CC3)cc1)CC2. The summed E-state index contributed by atoms with van der Waals surface area (Å²) in [5, 5.41) is 20.6. The van der Waals surface area contributed by atoms with Crippen LogP contribution in [0.2, 0.25) is 0 Å². The van der Waals surface area contributed by atoms with E-state index in [1.54, 1.807) is 4.57 Å². The first-order valence-corrected chi connectivity index (χ1v) is 12.3. The molecule has 1 atom stereocenters. The minimum Gasteiger partial charge on any atom is -0.490 e. The Morgan fingerprint density at radius 1 is 1.06 bits per heavy atom. The van der Waals surface area contributed by atoms with E-state index in [-0.39, 0.29) is 24.0 Å². The van der Waals surface area contributed by atoms with Gasteiger partial charge in [0.05, 0.1) is 6.10 Å². The molecule has 2 saturated heterocycles. The summed E-state index contributed by atoms with van der Waals surface area (Å²) in [4.78, 5) is 19.3. The van der Waals surface area contributed by atoms with Gasteiger partial charge < -0.3 is 34.5 Å². The summed E-state index contributed by atoms with van der Waals surface area (Å²) in [5.74, 6) is 1.33. The van der Waals surface area contributed by atoms with Gasteiger partial charge in [-0.2, -0.15) is 0 Å². The summed E-state index contributed by atoms with van der Waals surface area (Å²) >= 11 is 0. The van der Waals surface area contributed by atoms with Crippen LogP contribution >= 0.6 is 0 Å². The van der Waals surface area contributed by atoms with Gasteiger partial charge in [0.2, 0.25) is 0 Å². The van der Waals surface area contributed by atoms with Crippen LogP contribution in [0.25, 0.3) is 0 Å². The van der Waals surface area contributed by atoms with Gasteiger partial charge in [0.25, 0.3) is 0 Å². The molecule has 1 aromatic carbocycles. The van der Waals surface area contributed by atoms with E-state index >= 15 is 0 Å². The molecule has 3 aliphatic heterocycles. The fourth-order valence-corrected chi connectivity index (χ4v) is 5.12. The Balaban J connectivity index is 1.06. The van der Waals surface area contributed by atoms with Crippen LogP contribution in [0.1, 0.15) is 32.1 Å². The highest BCUT2D eigenvalue weighted by atomic mass is 16.6. The Morgan fingerprint density at radius 3 is 2.50 bits per heavy atom. The van der Waals surface area contributed by atoms with Crippen molar-refractivity contribution in [1.82, 2.24) is 14.5 Å². The van der Waals surface area contributed by atoms with Gasteiger partial charge in [-0.1, -0.05) is 0 Å². The van der Waals surface area contributed by atoms with E-state index in [2.05, 4.69) is 26.9 Å². The Bertz CT molecular complexity index is 965. The molecule has 0 aliphatic carbocycles. The minimum atomic E-state index is -0.509. The minimum absolute atomic E-state index is 0.103. The molecular weight excluding hydrogens is 438 g/mol. The predicted octanol–water partition coefficient (Wildman–Crippen LogP) is 2.69. The summed E-state index contributed by atoms with van der Waals surface area (Å²) in [6.07, 6.45) is 6.05. The number of benzene rings is 1. The van der Waals surface area contributed by atoms with Gasteiger partial charge in [0.15, 0.2) is 0 Å². The van der Waals surface area contributed by atoms with E-state index < -0.39 is 4.92 Å². The number of nitrogens with zero attached hydrogens (tertiary/aromatic N) is 5. The van der Waals surface area contributed by atoms with Crippen LogP contribution < -0.4 is 14.4 Å². The highest BCUT2D eigenvalue weighted by molar-refractivity contribution is 5.49. The molecule has 5 rings (SSSR count). The van der Waals surface area contributed by atoms with Crippen molar-refractivity contribution in [2.45, 2.75) is 50.9 Å². The van der Waals surface area contributed by atoms with Crippen LogP contribution in [0.3, 0.4) is 0 Å². The summed E-state index contributed by atoms with van der Waals surface area (Å²) in [6, 6.07) is 8.49. The molecule has 10 nitrogen and oxygen atoms in total. The molecule has 0 radical (unpaired) electrons. The monoisotopic (exact) mass is 471 g/mol. The van der Waals surface area contributed by atoms with Crippen molar-refractivity contribution < 1.29 is 19.5 Å². The lowest BCUT2D eigenvalue weighted by Crippen LogP contribution is -2.42. The second-order valence-corrected chi connectivity index (χ2v) is 9.63. The summed E-state index contributed by atoms with van der Waals surface area (Å²) < 4.78 is 13.4. The van der Waals surface area contributed by atoms with E-state index in [4.69, 9.17) is 9.47 Å². The smallest absolute Gasteiger partial charge is 0.414 e. The highest BCUT2D eigenvalue weighted by Crippen LogP contribution is 2.28. The average Bonchev–Trinajstić information content (AvgIpc) is 3.29. The number of aryl methyl sites for hydroxylation is 1. The van der Waals surface area contributed by atoms with E-state index in [0.717, 1.165) is 57.2 Å². The highest BCUT2D eigenvalue weighted by Gasteiger charge is 2.29. The third-order valence-corrected chi connectivity index (χ3v) is 7.20. The van der Waals surface area contributed by atoms with Gasteiger partial charge in [-0.25, -0.2) is 0 Å². The molecule has 0 amide bonds. The van der Waals surface area contributed by atoms with E-state index in [9.17, 15) is 15.2 Å².